The Labute approximate surface area is 467 Å². The summed E-state index contributed by atoms with van der Waals surface area (Å²) in [7, 11) is 3.00. The van der Waals surface area contributed by atoms with Crippen molar-refractivity contribution in [1.29, 1.82) is 5.26 Å². The molecule has 3 aromatic rings. The highest BCUT2D eigenvalue weighted by atomic mass is 32.2. The van der Waals surface area contributed by atoms with Crippen molar-refractivity contribution in [3.05, 3.63) is 62.7 Å². The van der Waals surface area contributed by atoms with Crippen LogP contribution < -0.4 is 38.5 Å². The summed E-state index contributed by atoms with van der Waals surface area (Å²) < 4.78 is 56.4. The number of carbonyl (C=O) groups is 5. The zero-order chi connectivity index (χ0) is 56.5. The Kier molecular flexibility index (Phi) is 17.3. The molecule has 1 N–H and O–H groups in total. The molecule has 7 aliphatic rings. The normalized spacial score (nSPS) is 23.5. The number of carbonyl (C=O) groups excluding carboxylic acids is 5. The van der Waals surface area contributed by atoms with E-state index in [1.165, 1.54) is 32.9 Å². The molecule has 426 valence electrons. The lowest BCUT2D eigenvalue weighted by molar-refractivity contribution is -0.157. The molecule has 1 unspecified atom stereocenters. The minimum Gasteiger partial charge on any atom is -0.493 e. The average Bonchev–Trinajstić information content (AvgIpc) is 4.07. The van der Waals surface area contributed by atoms with Gasteiger partial charge in [0.05, 0.1) is 49.7 Å². The average molecular weight is 1110 g/mol. The van der Waals surface area contributed by atoms with Crippen LogP contribution in [-0.2, 0) is 47.0 Å². The molecule has 1 amide bonds. The first-order valence-electron chi connectivity index (χ1n) is 28.1. The Morgan fingerprint density at radius 2 is 1.49 bits per heavy atom. The first-order valence-corrected chi connectivity index (χ1v) is 29.2. The van der Waals surface area contributed by atoms with Gasteiger partial charge in [0, 0.05) is 54.3 Å². The van der Waals surface area contributed by atoms with Crippen molar-refractivity contribution in [2.45, 2.75) is 192 Å². The number of aryl methyl sites for hydroxylation is 1. The molecular weight excluding hydrogens is 1030 g/mol. The number of nitrogens with zero attached hydrogens (tertiary/aromatic N) is 3. The van der Waals surface area contributed by atoms with Crippen molar-refractivity contribution in [2.24, 2.45) is 0 Å². The minimum absolute atomic E-state index is 0.0191. The number of thioether (sulfide) groups is 1. The molecule has 0 aromatic heterocycles. The Morgan fingerprint density at radius 1 is 0.810 bits per heavy atom. The third-order valence-electron chi connectivity index (χ3n) is 16.1. The molecule has 7 atom stereocenters. The fourth-order valence-electron chi connectivity index (χ4n) is 12.7. The van der Waals surface area contributed by atoms with Gasteiger partial charge in [0.1, 0.15) is 24.0 Å². The van der Waals surface area contributed by atoms with Crippen molar-refractivity contribution < 1.29 is 66.6 Å². The molecule has 18 nitrogen and oxygen atoms in total. The van der Waals surface area contributed by atoms with Gasteiger partial charge in [0.25, 0.3) is 0 Å². The van der Waals surface area contributed by atoms with Gasteiger partial charge in [-0.15, -0.1) is 11.8 Å². The smallest absolute Gasteiger partial charge is 0.411 e. The van der Waals surface area contributed by atoms with Crippen LogP contribution in [0.25, 0.3) is 0 Å². The summed E-state index contributed by atoms with van der Waals surface area (Å²) in [5, 5.41) is 14.4. The summed E-state index contributed by atoms with van der Waals surface area (Å²) in [5.74, 6) is -0.173. The Balaban J connectivity index is 1.26. The maximum absolute atomic E-state index is 15.5. The van der Waals surface area contributed by atoms with E-state index >= 15 is 9.59 Å². The van der Waals surface area contributed by atoms with E-state index in [9.17, 15) is 19.6 Å². The predicted octanol–water partition coefficient (Wildman–Crippen LogP) is 10.4. The molecule has 3 aromatic carbocycles. The molecule has 1 spiro atoms. The Hall–Kier alpha value is -6.23. The lowest BCUT2D eigenvalue weighted by atomic mass is 9.71. The van der Waals surface area contributed by atoms with E-state index in [0.29, 0.717) is 76.4 Å². The van der Waals surface area contributed by atoms with Gasteiger partial charge in [-0.2, -0.15) is 5.26 Å². The molecule has 10 rings (SSSR count). The van der Waals surface area contributed by atoms with Gasteiger partial charge in [0.2, 0.25) is 6.79 Å². The van der Waals surface area contributed by atoms with Crippen LogP contribution in [-0.4, -0.2) is 103 Å². The molecule has 19 heteroatoms. The summed E-state index contributed by atoms with van der Waals surface area (Å²) in [4.78, 5) is 75.5. The summed E-state index contributed by atoms with van der Waals surface area (Å²) in [5.41, 5.74) is 2.26. The van der Waals surface area contributed by atoms with Crippen molar-refractivity contribution in [3.8, 4) is 46.3 Å². The standard InChI is InChI=1S/C60H76N4O14S/c1-11-13-15-17-19-21-44(66)76-43-27-36-23-24-62-60(38(36)28-42(43)70-9)31-79-56-48-47(54-53(73-32-74-54)34(4)52(48)75-35(5)65)41(30-72-57(60)68)63-40(29-61)39-26-37-25-33(3)51(71-10)55(77-45(67)22-20-18-16-14-12-2)46(37)49(50(56)63)64(39)58(69)78-59(6,7)8/h25,27-28,39-41,49-50,56,62H,11-24,26,30-32H2,1-10H3/t39-,40+,41-,49-,50?,56-,60-/m1/s1. The minimum atomic E-state index is -1.55. The van der Waals surface area contributed by atoms with E-state index in [0.717, 1.165) is 62.5 Å². The Morgan fingerprint density at radius 3 is 2.14 bits per heavy atom. The van der Waals surface area contributed by atoms with Crippen LogP contribution in [0.15, 0.2) is 18.2 Å². The van der Waals surface area contributed by atoms with E-state index in [-0.39, 0.29) is 67.4 Å². The van der Waals surface area contributed by atoms with Crippen molar-refractivity contribution in [3.63, 3.8) is 0 Å². The molecule has 0 radical (unpaired) electrons. The van der Waals surface area contributed by atoms with Crippen LogP contribution in [0.1, 0.15) is 180 Å². The second kappa shape index (κ2) is 23.8. The number of methoxy groups -OCH3 is 2. The summed E-state index contributed by atoms with van der Waals surface area (Å²) in [6, 6.07) is 3.22. The van der Waals surface area contributed by atoms with Crippen molar-refractivity contribution in [1.82, 2.24) is 15.1 Å². The van der Waals surface area contributed by atoms with Gasteiger partial charge in [-0.1, -0.05) is 71.3 Å². The molecule has 0 aliphatic carbocycles. The molecule has 79 heavy (non-hydrogen) atoms. The maximum Gasteiger partial charge on any atom is 0.411 e. The fourth-order valence-corrected chi connectivity index (χ4v) is 14.4. The highest BCUT2D eigenvalue weighted by Crippen LogP contribution is 2.65. The van der Waals surface area contributed by atoms with Crippen molar-refractivity contribution >= 4 is 41.7 Å². The van der Waals surface area contributed by atoms with Gasteiger partial charge in [-0.3, -0.25) is 29.5 Å². The van der Waals surface area contributed by atoms with Crippen LogP contribution in [0, 0.1) is 25.2 Å². The number of nitriles is 1. The lowest BCUT2D eigenvalue weighted by Crippen LogP contribution is -2.71. The molecule has 2 saturated heterocycles. The zero-order valence-electron chi connectivity index (χ0n) is 47.4. The number of hydrogen-bond acceptors (Lipinski definition) is 18. The number of amides is 1. The zero-order valence-corrected chi connectivity index (χ0v) is 48.2. The molecular formula is C60H76N4O14S. The first-order chi connectivity index (χ1) is 37.9. The quantitative estimate of drug-likeness (QED) is 0.0756. The van der Waals surface area contributed by atoms with Crippen LogP contribution in [0.2, 0.25) is 0 Å². The summed E-state index contributed by atoms with van der Waals surface area (Å²) >= 11 is 1.36. The second-order valence-corrected chi connectivity index (χ2v) is 23.7. The number of piperazine rings is 1. The van der Waals surface area contributed by atoms with Crippen LogP contribution in [0.3, 0.4) is 0 Å². The highest BCUT2D eigenvalue weighted by molar-refractivity contribution is 7.99. The first kappa shape index (κ1) is 57.5. The highest BCUT2D eigenvalue weighted by Gasteiger charge is 2.64. The van der Waals surface area contributed by atoms with Gasteiger partial charge < -0.3 is 42.6 Å². The number of benzene rings is 3. The number of ether oxygens (including phenoxy) is 9. The molecule has 7 aliphatic heterocycles. The monoisotopic (exact) mass is 1110 g/mol. The van der Waals surface area contributed by atoms with Crippen LogP contribution >= 0.6 is 11.8 Å². The maximum atomic E-state index is 15.5. The number of esters is 4. The lowest BCUT2D eigenvalue weighted by Gasteiger charge is -2.62. The predicted molar refractivity (Wildman–Crippen MR) is 293 cm³/mol. The van der Waals surface area contributed by atoms with Gasteiger partial charge in [-0.05, 0) is 94.7 Å². The van der Waals surface area contributed by atoms with E-state index in [1.807, 2.05) is 17.9 Å². The molecule has 7 heterocycles. The SMILES string of the molecule is CCCCCCCC(=O)Oc1cc2c(cc1OC)[C@@]1(CS[C@@H]3c4c(OC(C)=O)c(C)c5c(c4[C@@H](COC1=O)N1C3[C@H]3c4c(cc(C)c(OC)c4OC(=O)CCCCCCC)C[C@H]([C@@H]1C#N)N3C(=O)OC(C)(C)C)OCO5)NCC2. The third kappa shape index (κ3) is 10.9. The van der Waals surface area contributed by atoms with E-state index in [2.05, 4.69) is 25.2 Å². The topological polar surface area (TPSA) is 211 Å². The van der Waals surface area contributed by atoms with Gasteiger partial charge in [0.15, 0.2) is 40.0 Å². The van der Waals surface area contributed by atoms with E-state index in [1.54, 1.807) is 44.7 Å². The Bertz CT molecular complexity index is 2910. The number of hydrogen-bond donors (Lipinski definition) is 1. The number of fused-ring (bicyclic) bond motifs is 9. The third-order valence-corrected chi connectivity index (χ3v) is 17.6. The number of unbranched alkanes of at least 4 members (excludes halogenated alkanes) is 8. The van der Waals surface area contributed by atoms with Crippen LogP contribution in [0.5, 0.6) is 40.2 Å². The van der Waals surface area contributed by atoms with Gasteiger partial charge in [-0.25, -0.2) is 9.59 Å². The van der Waals surface area contributed by atoms with E-state index < -0.39 is 70.6 Å². The number of nitrogens with one attached hydrogen (secondary N) is 1. The van der Waals surface area contributed by atoms with Crippen LogP contribution in [0.4, 0.5) is 4.79 Å². The van der Waals surface area contributed by atoms with Gasteiger partial charge >= 0.3 is 30.0 Å². The van der Waals surface area contributed by atoms with Crippen molar-refractivity contribution in [2.75, 3.05) is 39.9 Å². The molecule has 0 saturated carbocycles. The second-order valence-electron chi connectivity index (χ2n) is 22.5. The fraction of sp³-hybridized carbons (Fsp3) is 0.600. The van der Waals surface area contributed by atoms with E-state index in [4.69, 9.17) is 42.6 Å². The molecule has 4 bridgehead atoms. The molecule has 2 fully saturated rings. The summed E-state index contributed by atoms with van der Waals surface area (Å²) in [6.45, 7) is 14.4. The number of rotatable bonds is 17. The largest absolute Gasteiger partial charge is 0.493 e. The summed E-state index contributed by atoms with van der Waals surface area (Å²) in [6.07, 6.45) is 9.73.